The molecule has 0 aromatic heterocycles. The van der Waals surface area contributed by atoms with Crippen LogP contribution in [-0.4, -0.2) is 34.3 Å². The van der Waals surface area contributed by atoms with Crippen LogP contribution >= 0.6 is 12.2 Å². The van der Waals surface area contributed by atoms with Crippen LogP contribution in [0.3, 0.4) is 0 Å². The monoisotopic (exact) mass is 317 g/mol. The van der Waals surface area contributed by atoms with Crippen molar-refractivity contribution in [2.24, 2.45) is 11.8 Å². The molecule has 1 aliphatic carbocycles. The van der Waals surface area contributed by atoms with Crippen molar-refractivity contribution in [3.63, 3.8) is 0 Å². The van der Waals surface area contributed by atoms with E-state index in [1.807, 2.05) is 12.1 Å². The zero-order chi connectivity index (χ0) is 15.7. The summed E-state index contributed by atoms with van der Waals surface area (Å²) in [7, 11) is 0. The van der Waals surface area contributed by atoms with Crippen molar-refractivity contribution >= 4 is 28.8 Å². The van der Waals surface area contributed by atoms with Gasteiger partial charge in [0.1, 0.15) is 11.8 Å². The number of carbonyl (C=O) groups excluding carboxylic acids is 1. The van der Waals surface area contributed by atoms with Crippen molar-refractivity contribution in [1.29, 1.82) is 0 Å². The highest BCUT2D eigenvalue weighted by atomic mass is 32.1. The molecule has 1 fully saturated rings. The maximum absolute atomic E-state index is 12.6. The second-order valence-corrected chi connectivity index (χ2v) is 6.71. The summed E-state index contributed by atoms with van der Waals surface area (Å²) in [5, 5.41) is 12.0. The largest absolute Gasteiger partial charge is 0.480 e. The Balaban J connectivity index is 1.67. The predicted octanol–water partition coefficient (Wildman–Crippen LogP) is 1.79. The number of hydrogen-bond donors (Lipinski definition) is 2. The van der Waals surface area contributed by atoms with E-state index in [0.29, 0.717) is 23.7 Å². The van der Waals surface area contributed by atoms with E-state index in [-0.39, 0.29) is 5.78 Å². The third-order valence-corrected chi connectivity index (χ3v) is 5.13. The maximum Gasteiger partial charge on any atom is 0.321 e. The fourth-order valence-electron chi connectivity index (χ4n) is 3.58. The number of carbonyl (C=O) groups is 2. The first-order chi connectivity index (χ1) is 10.6. The highest BCUT2D eigenvalue weighted by Crippen LogP contribution is 2.29. The molecule has 1 heterocycles. The average Bonchev–Trinajstić information content (AvgIpc) is 2.89. The number of benzene rings is 1. The van der Waals surface area contributed by atoms with Gasteiger partial charge < -0.3 is 5.11 Å². The smallest absolute Gasteiger partial charge is 0.321 e. The molecule has 2 N–H and O–H groups in total. The average molecular weight is 317 g/mol. The second kappa shape index (κ2) is 6.26. The van der Waals surface area contributed by atoms with E-state index in [0.717, 1.165) is 19.3 Å². The van der Waals surface area contributed by atoms with Gasteiger partial charge in [-0.05, 0) is 36.3 Å². The number of carboxylic acid groups (broad SMARTS) is 1. The number of hydrogen-bond acceptors (Lipinski definition) is 4. The van der Waals surface area contributed by atoms with E-state index in [1.165, 1.54) is 11.1 Å². The first-order valence-corrected chi connectivity index (χ1v) is 8.05. The van der Waals surface area contributed by atoms with Crippen molar-refractivity contribution < 1.29 is 14.7 Å². The van der Waals surface area contributed by atoms with Gasteiger partial charge in [0.15, 0.2) is 0 Å². The van der Waals surface area contributed by atoms with Gasteiger partial charge >= 0.3 is 5.97 Å². The number of aryl methyl sites for hydroxylation is 1. The molecule has 1 saturated heterocycles. The molecule has 0 bridgehead atoms. The molecule has 0 amide bonds. The topological polar surface area (TPSA) is 66.4 Å². The standard InChI is InChI=1S/C17H19NO3S/c19-13(15-14(22)9-18-16(15)17(20)21)8-10-5-6-11-3-1-2-4-12(11)7-10/h1-4,10,15-16,18H,5-9H2,(H,20,21)/t10-,15?,16-/m0/s1. The first-order valence-electron chi connectivity index (χ1n) is 7.64. The Morgan fingerprint density at radius 3 is 2.73 bits per heavy atom. The van der Waals surface area contributed by atoms with Gasteiger partial charge in [-0.2, -0.15) is 0 Å². The summed E-state index contributed by atoms with van der Waals surface area (Å²) in [6.45, 7) is 0.343. The molecular formula is C17H19NO3S. The number of nitrogens with one attached hydrogen (secondary N) is 1. The summed E-state index contributed by atoms with van der Waals surface area (Å²) in [6.07, 6.45) is 3.29. The number of thiocarbonyl (C=S) groups is 1. The van der Waals surface area contributed by atoms with Crippen LogP contribution in [0.5, 0.6) is 0 Å². The van der Waals surface area contributed by atoms with E-state index in [4.69, 9.17) is 12.2 Å². The lowest BCUT2D eigenvalue weighted by molar-refractivity contribution is -0.142. The maximum atomic E-state index is 12.6. The normalized spacial score (nSPS) is 27.5. The van der Waals surface area contributed by atoms with Crippen molar-refractivity contribution in [3.8, 4) is 0 Å². The highest BCUT2D eigenvalue weighted by molar-refractivity contribution is 7.80. The van der Waals surface area contributed by atoms with Crippen LogP contribution in [0.15, 0.2) is 24.3 Å². The molecule has 1 unspecified atom stereocenters. The minimum atomic E-state index is -0.993. The highest BCUT2D eigenvalue weighted by Gasteiger charge is 2.41. The summed E-state index contributed by atoms with van der Waals surface area (Å²) >= 11 is 5.20. The van der Waals surface area contributed by atoms with Crippen LogP contribution < -0.4 is 5.32 Å². The summed E-state index contributed by atoms with van der Waals surface area (Å²) < 4.78 is 0. The summed E-state index contributed by atoms with van der Waals surface area (Å²) in [5.74, 6) is -1.37. The number of Topliss-reactive ketones (excluding diaryl/α,β-unsaturated/α-hetero) is 1. The van der Waals surface area contributed by atoms with E-state index >= 15 is 0 Å². The Morgan fingerprint density at radius 1 is 1.27 bits per heavy atom. The van der Waals surface area contributed by atoms with E-state index in [2.05, 4.69) is 17.4 Å². The van der Waals surface area contributed by atoms with Gasteiger partial charge in [-0.15, -0.1) is 0 Å². The predicted molar refractivity (Wildman–Crippen MR) is 87.1 cm³/mol. The quantitative estimate of drug-likeness (QED) is 0.829. The Morgan fingerprint density at radius 2 is 2.00 bits per heavy atom. The lowest BCUT2D eigenvalue weighted by Gasteiger charge is -2.25. The Bertz CT molecular complexity index is 628. The fraction of sp³-hybridized carbons (Fsp3) is 0.471. The van der Waals surface area contributed by atoms with Crippen molar-refractivity contribution in [1.82, 2.24) is 5.32 Å². The molecule has 0 radical (unpaired) electrons. The molecule has 0 spiro atoms. The number of ketones is 1. The lowest BCUT2D eigenvalue weighted by Crippen LogP contribution is -2.40. The minimum absolute atomic E-state index is 0.0215. The van der Waals surface area contributed by atoms with Gasteiger partial charge in [-0.3, -0.25) is 14.9 Å². The SMILES string of the molecule is O=C(C[C@H]1CCc2ccccc2C1)C1C(=S)CN[C@@H]1C(=O)O. The lowest BCUT2D eigenvalue weighted by atomic mass is 9.79. The molecule has 3 atom stereocenters. The molecule has 4 nitrogen and oxygen atoms in total. The van der Waals surface area contributed by atoms with Crippen LogP contribution in [0.4, 0.5) is 0 Å². The van der Waals surface area contributed by atoms with Gasteiger partial charge in [0.25, 0.3) is 0 Å². The Labute approximate surface area is 134 Å². The molecule has 116 valence electrons. The Hall–Kier alpha value is -1.59. The third-order valence-electron chi connectivity index (χ3n) is 4.73. The molecule has 1 aliphatic heterocycles. The molecule has 3 rings (SSSR count). The Kier molecular flexibility index (Phi) is 4.36. The molecule has 1 aromatic rings. The van der Waals surface area contributed by atoms with Crippen LogP contribution in [0, 0.1) is 11.8 Å². The minimum Gasteiger partial charge on any atom is -0.480 e. The van der Waals surface area contributed by atoms with Gasteiger partial charge in [0.05, 0.1) is 5.92 Å². The van der Waals surface area contributed by atoms with Crippen molar-refractivity contribution in [3.05, 3.63) is 35.4 Å². The summed E-state index contributed by atoms with van der Waals surface area (Å²) in [6, 6.07) is 7.48. The summed E-state index contributed by atoms with van der Waals surface area (Å²) in [4.78, 5) is 24.3. The first kappa shape index (κ1) is 15.3. The van der Waals surface area contributed by atoms with Crippen LogP contribution in [-0.2, 0) is 22.4 Å². The molecule has 2 aliphatic rings. The third kappa shape index (κ3) is 2.96. The van der Waals surface area contributed by atoms with Gasteiger partial charge in [-0.1, -0.05) is 36.5 Å². The summed E-state index contributed by atoms with van der Waals surface area (Å²) in [5.41, 5.74) is 2.68. The van der Waals surface area contributed by atoms with Gasteiger partial charge in [-0.25, -0.2) is 0 Å². The van der Waals surface area contributed by atoms with Crippen LogP contribution in [0.2, 0.25) is 0 Å². The molecule has 1 aromatic carbocycles. The molecule has 5 heteroatoms. The van der Waals surface area contributed by atoms with Gasteiger partial charge in [0.2, 0.25) is 0 Å². The fourth-order valence-corrected chi connectivity index (χ4v) is 3.93. The van der Waals surface area contributed by atoms with Gasteiger partial charge in [0, 0.05) is 17.8 Å². The molecule has 0 saturated carbocycles. The zero-order valence-electron chi connectivity index (χ0n) is 12.2. The van der Waals surface area contributed by atoms with Crippen LogP contribution in [0.1, 0.15) is 24.0 Å². The van der Waals surface area contributed by atoms with E-state index in [1.54, 1.807) is 0 Å². The van der Waals surface area contributed by atoms with Crippen molar-refractivity contribution in [2.75, 3.05) is 6.54 Å². The second-order valence-electron chi connectivity index (χ2n) is 6.19. The molecule has 22 heavy (non-hydrogen) atoms. The number of aliphatic carboxylic acids is 1. The van der Waals surface area contributed by atoms with Crippen molar-refractivity contribution in [2.45, 2.75) is 31.7 Å². The molecular weight excluding hydrogens is 298 g/mol. The van der Waals surface area contributed by atoms with E-state index < -0.39 is 17.9 Å². The van der Waals surface area contributed by atoms with E-state index in [9.17, 15) is 14.7 Å². The number of rotatable bonds is 4. The number of fused-ring (bicyclic) bond motifs is 1. The zero-order valence-corrected chi connectivity index (χ0v) is 13.1. The van der Waals surface area contributed by atoms with Crippen LogP contribution in [0.25, 0.3) is 0 Å². The number of carboxylic acids is 1.